The van der Waals surface area contributed by atoms with Crippen molar-refractivity contribution in [3.8, 4) is 0 Å². The van der Waals surface area contributed by atoms with Crippen molar-refractivity contribution >= 4 is 23.2 Å². The van der Waals surface area contributed by atoms with Gasteiger partial charge in [0.25, 0.3) is 0 Å². The number of hydrogen-bond donors (Lipinski definition) is 1. The number of nitrogens with one attached hydrogen (secondary N) is 1. The van der Waals surface area contributed by atoms with Gasteiger partial charge in [-0.25, -0.2) is 4.39 Å². The van der Waals surface area contributed by atoms with E-state index in [1.807, 2.05) is 12.1 Å². The molecule has 1 amide bonds. The van der Waals surface area contributed by atoms with Crippen LogP contribution in [0.3, 0.4) is 0 Å². The summed E-state index contributed by atoms with van der Waals surface area (Å²) in [6.45, 7) is 6.38. The maximum Gasteiger partial charge on any atom is 0.224 e. The predicted molar refractivity (Wildman–Crippen MR) is 125 cm³/mol. The predicted octanol–water partition coefficient (Wildman–Crippen LogP) is 4.42. The number of rotatable bonds is 7. The van der Waals surface area contributed by atoms with Gasteiger partial charge in [-0.05, 0) is 67.3 Å². The second-order valence-electron chi connectivity index (χ2n) is 8.72. The minimum absolute atomic E-state index is 0.0211. The summed E-state index contributed by atoms with van der Waals surface area (Å²) < 4.78 is 18.7. The molecule has 2 heterocycles. The first-order chi connectivity index (χ1) is 15.6. The van der Waals surface area contributed by atoms with E-state index < -0.39 is 0 Å². The zero-order chi connectivity index (χ0) is 22.3. The third-order valence-corrected chi connectivity index (χ3v) is 6.73. The van der Waals surface area contributed by atoms with Crippen LogP contribution in [0.5, 0.6) is 0 Å². The number of benzene rings is 2. The second kappa shape index (κ2) is 11.2. The second-order valence-corrected chi connectivity index (χ2v) is 9.16. The number of halogens is 2. The highest BCUT2D eigenvalue weighted by molar-refractivity contribution is 6.30. The van der Waals surface area contributed by atoms with E-state index in [1.54, 1.807) is 12.1 Å². The molecule has 7 heteroatoms. The number of likely N-dealkylation sites (tertiary alicyclic amines) is 1. The molecule has 2 fully saturated rings. The van der Waals surface area contributed by atoms with Crippen molar-refractivity contribution in [1.29, 1.82) is 0 Å². The summed E-state index contributed by atoms with van der Waals surface area (Å²) in [7, 11) is 0. The maximum atomic E-state index is 13.1. The summed E-state index contributed by atoms with van der Waals surface area (Å²) in [5, 5.41) is 3.65. The highest BCUT2D eigenvalue weighted by atomic mass is 35.5. The molecule has 0 spiro atoms. The normalized spacial score (nSPS) is 22.6. The number of ether oxygens (including phenoxy) is 1. The molecule has 0 aliphatic carbocycles. The first kappa shape index (κ1) is 23.2. The molecule has 5 nitrogen and oxygen atoms in total. The SMILES string of the molecule is O=C(CC[C@@H]1CN(Cc2ccc(Cl)cc2)CC[C@@H]1N1CCOCC1)Nc1ccc(F)cc1. The Morgan fingerprint density at radius 2 is 1.78 bits per heavy atom. The van der Waals surface area contributed by atoms with Gasteiger partial charge < -0.3 is 10.1 Å². The molecular weight excluding hydrogens is 429 g/mol. The van der Waals surface area contributed by atoms with Crippen molar-refractivity contribution in [2.75, 3.05) is 44.7 Å². The number of carbonyl (C=O) groups excluding carboxylic acids is 1. The van der Waals surface area contributed by atoms with Crippen LogP contribution in [0.2, 0.25) is 5.02 Å². The van der Waals surface area contributed by atoms with Crippen LogP contribution in [0.4, 0.5) is 10.1 Å². The van der Waals surface area contributed by atoms with Crippen LogP contribution in [0.1, 0.15) is 24.8 Å². The van der Waals surface area contributed by atoms with Gasteiger partial charge in [0.15, 0.2) is 0 Å². The van der Waals surface area contributed by atoms with Gasteiger partial charge in [0.2, 0.25) is 5.91 Å². The number of amides is 1. The first-order valence-corrected chi connectivity index (χ1v) is 11.8. The lowest BCUT2D eigenvalue weighted by atomic mass is 9.86. The van der Waals surface area contributed by atoms with Crippen LogP contribution in [0, 0.1) is 11.7 Å². The minimum Gasteiger partial charge on any atom is -0.379 e. The Morgan fingerprint density at radius 3 is 2.50 bits per heavy atom. The quantitative estimate of drug-likeness (QED) is 0.665. The van der Waals surface area contributed by atoms with Crippen LogP contribution < -0.4 is 5.32 Å². The molecular formula is C25H31ClFN3O2. The number of piperidine rings is 1. The van der Waals surface area contributed by atoms with E-state index in [9.17, 15) is 9.18 Å². The number of hydrogen-bond acceptors (Lipinski definition) is 4. The third-order valence-electron chi connectivity index (χ3n) is 6.48. The average Bonchev–Trinajstić information content (AvgIpc) is 2.81. The molecule has 2 aromatic rings. The molecule has 2 aliphatic heterocycles. The fourth-order valence-electron chi connectivity index (χ4n) is 4.83. The van der Waals surface area contributed by atoms with E-state index in [0.717, 1.165) is 63.8 Å². The molecule has 0 aromatic heterocycles. The zero-order valence-corrected chi connectivity index (χ0v) is 19.1. The van der Waals surface area contributed by atoms with Gasteiger partial charge in [-0.1, -0.05) is 23.7 Å². The van der Waals surface area contributed by atoms with E-state index in [1.165, 1.54) is 17.7 Å². The Balaban J connectivity index is 1.37. The van der Waals surface area contributed by atoms with Crippen LogP contribution in [-0.2, 0) is 16.1 Å². The van der Waals surface area contributed by atoms with Gasteiger partial charge in [0.05, 0.1) is 13.2 Å². The fourth-order valence-corrected chi connectivity index (χ4v) is 4.96. The molecule has 0 saturated carbocycles. The van der Waals surface area contributed by atoms with Crippen LogP contribution in [0.15, 0.2) is 48.5 Å². The van der Waals surface area contributed by atoms with Crippen LogP contribution in [-0.4, -0.2) is 61.1 Å². The highest BCUT2D eigenvalue weighted by Crippen LogP contribution is 2.28. The van der Waals surface area contributed by atoms with Crippen molar-refractivity contribution in [2.24, 2.45) is 5.92 Å². The Hall–Kier alpha value is -1.99. The molecule has 1 N–H and O–H groups in total. The van der Waals surface area contributed by atoms with E-state index in [2.05, 4.69) is 27.2 Å². The molecule has 4 rings (SSSR count). The molecule has 172 valence electrons. The number of nitrogens with zero attached hydrogens (tertiary/aromatic N) is 2. The summed E-state index contributed by atoms with van der Waals surface area (Å²) in [5.41, 5.74) is 1.89. The largest absolute Gasteiger partial charge is 0.379 e. The van der Waals surface area contributed by atoms with E-state index in [-0.39, 0.29) is 11.7 Å². The zero-order valence-electron chi connectivity index (χ0n) is 18.3. The van der Waals surface area contributed by atoms with Crippen molar-refractivity contribution in [1.82, 2.24) is 9.80 Å². The summed E-state index contributed by atoms with van der Waals surface area (Å²) >= 11 is 6.03. The lowest BCUT2D eigenvalue weighted by Gasteiger charge is -2.45. The lowest BCUT2D eigenvalue weighted by molar-refractivity contribution is -0.116. The van der Waals surface area contributed by atoms with Gasteiger partial charge in [0.1, 0.15) is 5.82 Å². The van der Waals surface area contributed by atoms with Crippen LogP contribution >= 0.6 is 11.6 Å². The molecule has 2 aromatic carbocycles. The molecule has 32 heavy (non-hydrogen) atoms. The summed E-state index contributed by atoms with van der Waals surface area (Å²) in [6, 6.07) is 14.4. The number of morpholine rings is 1. The Kier molecular flexibility index (Phi) is 8.14. The Bertz CT molecular complexity index is 872. The molecule has 2 atom stereocenters. The van der Waals surface area contributed by atoms with Gasteiger partial charge in [-0.3, -0.25) is 14.6 Å². The van der Waals surface area contributed by atoms with Gasteiger partial charge in [-0.2, -0.15) is 0 Å². The Labute approximate surface area is 194 Å². The number of anilines is 1. The van der Waals surface area contributed by atoms with E-state index in [0.29, 0.717) is 24.1 Å². The highest BCUT2D eigenvalue weighted by Gasteiger charge is 2.34. The topological polar surface area (TPSA) is 44.8 Å². The Morgan fingerprint density at radius 1 is 1.06 bits per heavy atom. The van der Waals surface area contributed by atoms with Gasteiger partial charge in [0, 0.05) is 49.4 Å². The average molecular weight is 460 g/mol. The summed E-state index contributed by atoms with van der Waals surface area (Å²) in [5.74, 6) is 0.0830. The van der Waals surface area contributed by atoms with Crippen molar-refractivity contribution in [3.05, 3.63) is 64.9 Å². The maximum absolute atomic E-state index is 13.1. The summed E-state index contributed by atoms with van der Waals surface area (Å²) in [4.78, 5) is 17.6. The summed E-state index contributed by atoms with van der Waals surface area (Å²) in [6.07, 6.45) is 2.38. The molecule has 0 bridgehead atoms. The van der Waals surface area contributed by atoms with Gasteiger partial charge in [-0.15, -0.1) is 0 Å². The third kappa shape index (κ3) is 6.51. The fraction of sp³-hybridized carbons (Fsp3) is 0.480. The molecule has 2 aliphatic rings. The molecule has 0 radical (unpaired) electrons. The smallest absolute Gasteiger partial charge is 0.224 e. The van der Waals surface area contributed by atoms with Crippen LogP contribution in [0.25, 0.3) is 0 Å². The van der Waals surface area contributed by atoms with E-state index >= 15 is 0 Å². The first-order valence-electron chi connectivity index (χ1n) is 11.4. The van der Waals surface area contributed by atoms with Crippen molar-refractivity contribution in [3.63, 3.8) is 0 Å². The number of carbonyl (C=O) groups is 1. The van der Waals surface area contributed by atoms with E-state index in [4.69, 9.17) is 16.3 Å². The standard InChI is InChI=1S/C25H31ClFN3O2/c26-21-4-1-19(2-5-21)17-29-12-11-24(30-13-15-32-16-14-30)20(18-29)3-10-25(31)28-23-8-6-22(27)7-9-23/h1-2,4-9,20,24H,3,10-18H2,(H,28,31)/t20-,24+/m1/s1. The monoisotopic (exact) mass is 459 g/mol. The molecule has 2 saturated heterocycles. The molecule has 0 unspecified atom stereocenters. The van der Waals surface area contributed by atoms with Crippen molar-refractivity contribution < 1.29 is 13.9 Å². The lowest BCUT2D eigenvalue weighted by Crippen LogP contribution is -2.53. The van der Waals surface area contributed by atoms with Gasteiger partial charge >= 0.3 is 0 Å². The minimum atomic E-state index is -0.306. The van der Waals surface area contributed by atoms with Crippen molar-refractivity contribution in [2.45, 2.75) is 31.8 Å².